The Hall–Kier alpha value is -4.93. The van der Waals surface area contributed by atoms with E-state index in [1.165, 1.54) is 0 Å². The minimum atomic E-state index is -0.498. The zero-order chi connectivity index (χ0) is 39.5. The Balaban J connectivity index is 1.20. The highest BCUT2D eigenvalue weighted by Crippen LogP contribution is 2.33. The fraction of sp³-hybridized carbons (Fsp3) is 0.405. The first-order valence-corrected chi connectivity index (χ1v) is 18.5. The van der Waals surface area contributed by atoms with Crippen LogP contribution in [-0.4, -0.2) is 93.7 Å². The average Bonchev–Trinajstić information content (AvgIpc) is 3.22. The molecule has 1 heterocycles. The number of hydrogen-bond acceptors (Lipinski definition) is 13. The van der Waals surface area contributed by atoms with Crippen LogP contribution in [0.1, 0.15) is 47.4 Å². The molecule has 1 unspecified atom stereocenters. The molecule has 56 heavy (non-hydrogen) atoms. The third kappa shape index (κ3) is 13.4. The van der Waals surface area contributed by atoms with Gasteiger partial charge < -0.3 is 42.8 Å². The zero-order valence-corrected chi connectivity index (χ0v) is 32.2. The predicted molar refractivity (Wildman–Crippen MR) is 204 cm³/mol. The van der Waals surface area contributed by atoms with Gasteiger partial charge in [-0.2, -0.15) is 0 Å². The number of amides is 1. The normalized spacial score (nSPS) is 15.4. The number of carbonyl (C=O) groups excluding carboxylic acids is 1. The third-order valence-electron chi connectivity index (χ3n) is 9.15. The van der Waals surface area contributed by atoms with Crippen molar-refractivity contribution in [2.24, 2.45) is 0 Å². The molecule has 302 valence electrons. The number of piperidine rings is 1. The molecule has 14 heteroatoms. The van der Waals surface area contributed by atoms with Gasteiger partial charge in [0.05, 0.1) is 71.9 Å². The van der Waals surface area contributed by atoms with Gasteiger partial charge in [-0.05, 0) is 65.6 Å². The summed E-state index contributed by atoms with van der Waals surface area (Å²) in [6, 6.07) is 28.1. The molecule has 0 bridgehead atoms. The first kappa shape index (κ1) is 42.2. The van der Waals surface area contributed by atoms with Crippen molar-refractivity contribution in [3.63, 3.8) is 0 Å². The maximum atomic E-state index is 13.4. The fourth-order valence-corrected chi connectivity index (χ4v) is 6.26. The van der Waals surface area contributed by atoms with Gasteiger partial charge in [-0.1, -0.05) is 42.5 Å². The van der Waals surface area contributed by atoms with E-state index in [2.05, 4.69) is 17.0 Å². The third-order valence-corrected chi connectivity index (χ3v) is 9.15. The van der Waals surface area contributed by atoms with Gasteiger partial charge >= 0.3 is 6.09 Å². The molecule has 4 aromatic rings. The van der Waals surface area contributed by atoms with Crippen LogP contribution in [0.5, 0.6) is 28.7 Å². The first-order chi connectivity index (χ1) is 27.3. The highest BCUT2D eigenvalue weighted by molar-refractivity contribution is 5.71. The number of rotatable bonds is 22. The second kappa shape index (κ2) is 22.6. The number of para-hydroxylation sites is 1. The van der Waals surface area contributed by atoms with Crippen LogP contribution in [-0.2, 0) is 38.9 Å². The molecule has 1 amide bonds. The Morgan fingerprint density at radius 2 is 1.45 bits per heavy atom. The predicted octanol–water partition coefficient (Wildman–Crippen LogP) is 7.19. The van der Waals surface area contributed by atoms with Crippen molar-refractivity contribution >= 4 is 6.09 Å². The summed E-state index contributed by atoms with van der Waals surface area (Å²) in [7, 11) is 4.92. The smallest absolute Gasteiger partial charge is 0.415 e. The van der Waals surface area contributed by atoms with Gasteiger partial charge in [-0.25, -0.2) is 9.63 Å². The van der Waals surface area contributed by atoms with E-state index < -0.39 is 6.09 Å². The van der Waals surface area contributed by atoms with Crippen LogP contribution in [0.3, 0.4) is 0 Å². The molecule has 1 saturated heterocycles. The van der Waals surface area contributed by atoms with Crippen molar-refractivity contribution in [2.45, 2.75) is 51.1 Å². The van der Waals surface area contributed by atoms with Crippen molar-refractivity contribution in [2.75, 3.05) is 60.8 Å². The maximum absolute atomic E-state index is 13.4. The number of likely N-dealkylation sites (tertiary alicyclic amines) is 1. The summed E-state index contributed by atoms with van der Waals surface area (Å²) in [5.74, 6) is 3.23. The van der Waals surface area contributed by atoms with E-state index in [1.807, 2.05) is 54.6 Å². The summed E-state index contributed by atoms with van der Waals surface area (Å²) in [5.41, 5.74) is 3.60. The number of carbonyl (C=O) groups is 1. The number of benzene rings is 4. The van der Waals surface area contributed by atoms with Gasteiger partial charge in [0, 0.05) is 50.7 Å². The summed E-state index contributed by atoms with van der Waals surface area (Å²) in [6.45, 7) is 3.59. The molecule has 5 rings (SSSR count). The molecule has 0 aromatic heterocycles. The molecule has 4 aromatic carbocycles. The van der Waals surface area contributed by atoms with Crippen LogP contribution in [0.4, 0.5) is 4.79 Å². The van der Waals surface area contributed by atoms with Crippen molar-refractivity contribution in [1.82, 2.24) is 10.3 Å². The van der Waals surface area contributed by atoms with Crippen LogP contribution >= 0.6 is 0 Å². The van der Waals surface area contributed by atoms with Gasteiger partial charge in [0.25, 0.3) is 0 Å². The summed E-state index contributed by atoms with van der Waals surface area (Å²) in [4.78, 5) is 19.7. The Morgan fingerprint density at radius 3 is 2.18 bits per heavy atom. The number of nitrogens with zero attached hydrogens (tertiary/aromatic N) is 2. The van der Waals surface area contributed by atoms with E-state index in [1.54, 1.807) is 50.5 Å². The minimum Gasteiger partial charge on any atom is -0.497 e. The van der Waals surface area contributed by atoms with E-state index in [0.717, 1.165) is 41.0 Å². The molecule has 0 radical (unpaired) electrons. The average molecular weight is 777 g/mol. The molecule has 1 aliphatic heterocycles. The number of hydrogen-bond donors (Lipinski definition) is 2. The molecule has 1 fully saturated rings. The molecular formula is C42H52N2O12. The van der Waals surface area contributed by atoms with Crippen molar-refractivity contribution in [3.8, 4) is 28.7 Å². The highest BCUT2D eigenvalue weighted by atomic mass is 17.1. The Labute approximate surface area is 327 Å². The second-order valence-electron chi connectivity index (χ2n) is 13.1. The van der Waals surface area contributed by atoms with Crippen molar-refractivity contribution in [3.05, 3.63) is 113 Å². The SMILES string of the molecule is COCCCOc1cc(COC2CN(C(=O)Oc3ccc(CON(O)O)cc3)CC[C@@H]2c2ccc(OCCCOCc3ccccc3OC)cc2)cc(OC)c1. The van der Waals surface area contributed by atoms with E-state index in [0.29, 0.717) is 75.4 Å². The standard InChI is InChI=1S/C42H52N2O12/c1-48-20-6-22-53-38-25-32(24-37(26-38)49-2)28-54-41-27-43(42(45)56-36-14-10-31(11-15-36)29-55-44(46)47)19-18-39(41)33-12-16-35(17-13-33)52-23-7-21-51-30-34-8-4-5-9-40(34)50-3/h4-5,8-17,24-26,39,41,46-47H,6-7,18-23,27-30H2,1-3H3/t39-,41?/m1/s1. The lowest BCUT2D eigenvalue weighted by atomic mass is 9.87. The molecule has 14 nitrogen and oxygen atoms in total. The van der Waals surface area contributed by atoms with Crippen LogP contribution in [0.2, 0.25) is 0 Å². The summed E-state index contributed by atoms with van der Waals surface area (Å²) in [6.07, 6.45) is 1.27. The van der Waals surface area contributed by atoms with E-state index >= 15 is 0 Å². The van der Waals surface area contributed by atoms with Crippen LogP contribution in [0.15, 0.2) is 91.0 Å². The largest absolute Gasteiger partial charge is 0.497 e. The maximum Gasteiger partial charge on any atom is 0.415 e. The first-order valence-electron chi connectivity index (χ1n) is 18.5. The quantitative estimate of drug-likeness (QED) is 0.0614. The zero-order valence-electron chi connectivity index (χ0n) is 32.2. The topological polar surface area (TPSA) is 147 Å². The lowest BCUT2D eigenvalue weighted by Gasteiger charge is -2.38. The van der Waals surface area contributed by atoms with Crippen LogP contribution in [0.25, 0.3) is 0 Å². The van der Waals surface area contributed by atoms with Gasteiger partial charge in [0.2, 0.25) is 0 Å². The van der Waals surface area contributed by atoms with E-state index in [-0.39, 0.29) is 30.6 Å². The molecule has 1 aliphatic rings. The molecule has 0 spiro atoms. The van der Waals surface area contributed by atoms with Crippen molar-refractivity contribution < 1.29 is 57.9 Å². The Bertz CT molecular complexity index is 1760. The molecule has 0 aliphatic carbocycles. The second-order valence-corrected chi connectivity index (χ2v) is 13.1. The number of ether oxygens (including phenoxy) is 8. The monoisotopic (exact) mass is 776 g/mol. The Morgan fingerprint density at radius 1 is 0.732 bits per heavy atom. The molecule has 2 N–H and O–H groups in total. The molecular weight excluding hydrogens is 724 g/mol. The Kier molecular flexibility index (Phi) is 17.0. The van der Waals surface area contributed by atoms with Crippen molar-refractivity contribution in [1.29, 1.82) is 0 Å². The summed E-state index contributed by atoms with van der Waals surface area (Å²) < 4.78 is 46.2. The van der Waals surface area contributed by atoms with Gasteiger partial charge in [0.15, 0.2) is 0 Å². The minimum absolute atomic E-state index is 0.0104. The summed E-state index contributed by atoms with van der Waals surface area (Å²) in [5, 5.41) is 17.2. The lowest BCUT2D eigenvalue weighted by molar-refractivity contribution is -0.497. The summed E-state index contributed by atoms with van der Waals surface area (Å²) >= 11 is 0. The molecule has 2 atom stereocenters. The molecule has 0 saturated carbocycles. The van der Waals surface area contributed by atoms with Gasteiger partial charge in [-0.15, -0.1) is 0 Å². The number of methoxy groups -OCH3 is 3. The van der Waals surface area contributed by atoms with E-state index in [9.17, 15) is 4.79 Å². The lowest BCUT2D eigenvalue weighted by Crippen LogP contribution is -2.47. The van der Waals surface area contributed by atoms with Crippen LogP contribution in [0, 0.1) is 0 Å². The van der Waals surface area contributed by atoms with Crippen LogP contribution < -0.4 is 23.7 Å². The van der Waals surface area contributed by atoms with Gasteiger partial charge in [-0.3, -0.25) is 10.4 Å². The fourth-order valence-electron chi connectivity index (χ4n) is 6.26. The van der Waals surface area contributed by atoms with E-state index in [4.69, 9.17) is 48.3 Å². The van der Waals surface area contributed by atoms with Gasteiger partial charge in [0.1, 0.15) is 28.7 Å². The highest BCUT2D eigenvalue weighted by Gasteiger charge is 2.34.